The number of nitrogens with one attached hydrogen (secondary N) is 1. The quantitative estimate of drug-likeness (QED) is 0.545. The van der Waals surface area contributed by atoms with Crippen LogP contribution < -0.4 is 5.32 Å². The Morgan fingerprint density at radius 1 is 1.31 bits per heavy atom. The summed E-state index contributed by atoms with van der Waals surface area (Å²) in [6.45, 7) is 4.15. The molecule has 9 nitrogen and oxygen atoms in total. The third kappa shape index (κ3) is 5.48. The van der Waals surface area contributed by atoms with Crippen LogP contribution in [-0.4, -0.2) is 61.1 Å². The van der Waals surface area contributed by atoms with E-state index >= 15 is 0 Å². The molecule has 1 fully saturated rings. The van der Waals surface area contributed by atoms with Gasteiger partial charge in [-0.05, 0) is 13.8 Å². The third-order valence-electron chi connectivity index (χ3n) is 4.00. The summed E-state index contributed by atoms with van der Waals surface area (Å²) in [5.74, 6) is -0.687. The number of ether oxygens (including phenoxy) is 1. The van der Waals surface area contributed by atoms with Gasteiger partial charge in [0.05, 0.1) is 29.3 Å². The number of nitro groups is 1. The minimum absolute atomic E-state index is 0.0537. The Labute approximate surface area is 152 Å². The summed E-state index contributed by atoms with van der Waals surface area (Å²) in [7, 11) is -3.51. The molecule has 0 saturated carbocycles. The molecule has 0 radical (unpaired) electrons. The van der Waals surface area contributed by atoms with E-state index in [1.807, 2.05) is 13.8 Å². The number of benzene rings is 1. The minimum atomic E-state index is -3.51. The molecule has 0 unspecified atom stereocenters. The van der Waals surface area contributed by atoms with Crippen LogP contribution in [0.5, 0.6) is 0 Å². The predicted molar refractivity (Wildman–Crippen MR) is 95.2 cm³/mol. The Morgan fingerprint density at radius 3 is 2.54 bits per heavy atom. The Bertz CT molecular complexity index is 757. The van der Waals surface area contributed by atoms with Gasteiger partial charge in [-0.15, -0.1) is 0 Å². The molecule has 1 N–H and O–H groups in total. The number of amides is 1. The number of hydrogen-bond donors (Lipinski definition) is 1. The van der Waals surface area contributed by atoms with E-state index in [9.17, 15) is 23.3 Å². The number of hydrogen-bond acceptors (Lipinski definition) is 6. The molecule has 1 aliphatic heterocycles. The van der Waals surface area contributed by atoms with Crippen LogP contribution in [0.1, 0.15) is 19.4 Å². The molecule has 0 aliphatic carbocycles. The molecule has 2 atom stereocenters. The first-order valence-electron chi connectivity index (χ1n) is 8.31. The normalized spacial score (nSPS) is 21.3. The second-order valence-electron chi connectivity index (χ2n) is 6.30. The Kier molecular flexibility index (Phi) is 6.68. The molecule has 26 heavy (non-hydrogen) atoms. The first-order chi connectivity index (χ1) is 12.2. The van der Waals surface area contributed by atoms with Crippen LogP contribution in [0.3, 0.4) is 0 Å². The topological polar surface area (TPSA) is 119 Å². The lowest BCUT2D eigenvalue weighted by atomic mass is 10.1. The zero-order valence-corrected chi connectivity index (χ0v) is 15.6. The van der Waals surface area contributed by atoms with Gasteiger partial charge in [0, 0.05) is 31.3 Å². The smallest absolute Gasteiger partial charge is 0.273 e. The molecule has 0 spiro atoms. The first-order valence-corrected chi connectivity index (χ1v) is 9.92. The predicted octanol–water partition coefficient (Wildman–Crippen LogP) is 0.693. The summed E-state index contributed by atoms with van der Waals surface area (Å²) >= 11 is 0. The fourth-order valence-electron chi connectivity index (χ4n) is 2.88. The Balaban J connectivity index is 1.87. The van der Waals surface area contributed by atoms with Crippen LogP contribution in [0.25, 0.3) is 0 Å². The average molecular weight is 385 g/mol. The van der Waals surface area contributed by atoms with Crippen LogP contribution in [0, 0.1) is 10.1 Å². The lowest BCUT2D eigenvalue weighted by Gasteiger charge is -2.34. The maximum Gasteiger partial charge on any atom is 0.273 e. The van der Waals surface area contributed by atoms with Gasteiger partial charge in [-0.3, -0.25) is 14.9 Å². The number of nitro benzene ring substituents is 1. The fourth-order valence-corrected chi connectivity index (χ4v) is 4.37. The number of morpholine rings is 1. The summed E-state index contributed by atoms with van der Waals surface area (Å²) in [6, 6.07) is 5.97. The van der Waals surface area contributed by atoms with Crippen molar-refractivity contribution < 1.29 is 22.9 Å². The van der Waals surface area contributed by atoms with E-state index in [1.54, 1.807) is 6.07 Å². The molecule has 1 aliphatic rings. The SMILES string of the molecule is C[C@@H]1CN(S(=O)(=O)CCNC(=O)Cc2ccccc2[N+](=O)[O-])C[C@@H](C)O1. The van der Waals surface area contributed by atoms with Crippen molar-refractivity contribution in [2.75, 3.05) is 25.4 Å². The average Bonchev–Trinajstić information content (AvgIpc) is 2.54. The van der Waals surface area contributed by atoms with Crippen LogP contribution in [0.15, 0.2) is 24.3 Å². The highest BCUT2D eigenvalue weighted by Gasteiger charge is 2.30. The fraction of sp³-hybridized carbons (Fsp3) is 0.562. The van der Waals surface area contributed by atoms with Crippen LogP contribution in [0.4, 0.5) is 5.69 Å². The van der Waals surface area contributed by atoms with Crippen molar-refractivity contribution in [3.05, 3.63) is 39.9 Å². The number of nitrogens with zero attached hydrogens (tertiary/aromatic N) is 2. The summed E-state index contributed by atoms with van der Waals surface area (Å²) in [5, 5.41) is 13.5. The van der Waals surface area contributed by atoms with Crippen molar-refractivity contribution in [3.8, 4) is 0 Å². The van der Waals surface area contributed by atoms with E-state index in [1.165, 1.54) is 22.5 Å². The van der Waals surface area contributed by atoms with Gasteiger partial charge in [0.1, 0.15) is 0 Å². The highest BCUT2D eigenvalue weighted by atomic mass is 32.2. The number of para-hydroxylation sites is 1. The lowest BCUT2D eigenvalue weighted by Crippen LogP contribution is -2.49. The highest BCUT2D eigenvalue weighted by molar-refractivity contribution is 7.89. The molecule has 0 bridgehead atoms. The monoisotopic (exact) mass is 385 g/mol. The number of sulfonamides is 1. The summed E-state index contributed by atoms with van der Waals surface area (Å²) in [5.41, 5.74) is 0.153. The Morgan fingerprint density at radius 2 is 1.92 bits per heavy atom. The maximum absolute atomic E-state index is 12.4. The van der Waals surface area contributed by atoms with Crippen LogP contribution >= 0.6 is 0 Å². The summed E-state index contributed by atoms with van der Waals surface area (Å²) < 4.78 is 31.7. The van der Waals surface area contributed by atoms with Gasteiger partial charge < -0.3 is 10.1 Å². The molecule has 0 aromatic heterocycles. The minimum Gasteiger partial charge on any atom is -0.373 e. The van der Waals surface area contributed by atoms with Crippen molar-refractivity contribution in [1.82, 2.24) is 9.62 Å². The summed E-state index contributed by atoms with van der Waals surface area (Å²) in [4.78, 5) is 22.4. The molecule has 10 heteroatoms. The van der Waals surface area contributed by atoms with Gasteiger partial charge in [-0.2, -0.15) is 4.31 Å². The van der Waals surface area contributed by atoms with Crippen molar-refractivity contribution >= 4 is 21.6 Å². The van der Waals surface area contributed by atoms with E-state index in [0.29, 0.717) is 0 Å². The first kappa shape index (κ1) is 20.3. The van der Waals surface area contributed by atoms with Gasteiger partial charge in [0.15, 0.2) is 0 Å². The molecule has 1 heterocycles. The van der Waals surface area contributed by atoms with E-state index in [2.05, 4.69) is 5.32 Å². The maximum atomic E-state index is 12.4. The van der Waals surface area contributed by atoms with E-state index in [0.717, 1.165) is 0 Å². The highest BCUT2D eigenvalue weighted by Crippen LogP contribution is 2.18. The molecule has 1 aromatic rings. The van der Waals surface area contributed by atoms with Gasteiger partial charge >= 0.3 is 0 Å². The third-order valence-corrected chi connectivity index (χ3v) is 5.81. The van der Waals surface area contributed by atoms with Crippen molar-refractivity contribution in [1.29, 1.82) is 0 Å². The van der Waals surface area contributed by atoms with Gasteiger partial charge in [0.2, 0.25) is 15.9 Å². The zero-order valence-electron chi connectivity index (χ0n) is 14.8. The standard InChI is InChI=1S/C16H23N3O6S/c1-12-10-18(11-13(2)25-12)26(23,24)8-7-17-16(20)9-14-5-3-4-6-15(14)19(21)22/h3-6,12-13H,7-11H2,1-2H3,(H,17,20)/t12-,13-/m1/s1. The van der Waals surface area contributed by atoms with E-state index in [4.69, 9.17) is 4.74 Å². The van der Waals surface area contributed by atoms with Crippen molar-refractivity contribution in [2.24, 2.45) is 0 Å². The second-order valence-corrected chi connectivity index (χ2v) is 8.39. The summed E-state index contributed by atoms with van der Waals surface area (Å²) in [6.07, 6.45) is -0.536. The second kappa shape index (κ2) is 8.56. The lowest BCUT2D eigenvalue weighted by molar-refractivity contribution is -0.385. The molecular formula is C16H23N3O6S. The zero-order chi connectivity index (χ0) is 19.3. The largest absolute Gasteiger partial charge is 0.373 e. The molecule has 1 amide bonds. The number of carbonyl (C=O) groups excluding carboxylic acids is 1. The van der Waals surface area contributed by atoms with Crippen molar-refractivity contribution in [3.63, 3.8) is 0 Å². The van der Waals surface area contributed by atoms with Gasteiger partial charge in [-0.1, -0.05) is 18.2 Å². The van der Waals surface area contributed by atoms with E-state index in [-0.39, 0.29) is 55.3 Å². The molecule has 1 aromatic carbocycles. The molecule has 144 valence electrons. The molecule has 1 saturated heterocycles. The number of rotatable bonds is 7. The number of carbonyl (C=O) groups is 1. The molecule has 2 rings (SSSR count). The van der Waals surface area contributed by atoms with Gasteiger partial charge in [-0.25, -0.2) is 8.42 Å². The molecular weight excluding hydrogens is 362 g/mol. The van der Waals surface area contributed by atoms with E-state index < -0.39 is 20.9 Å². The van der Waals surface area contributed by atoms with Crippen LogP contribution in [0.2, 0.25) is 0 Å². The van der Waals surface area contributed by atoms with Gasteiger partial charge in [0.25, 0.3) is 5.69 Å². The Hall–Kier alpha value is -2.04. The van der Waals surface area contributed by atoms with Crippen LogP contribution in [-0.2, 0) is 26.0 Å². The van der Waals surface area contributed by atoms with Crippen molar-refractivity contribution in [2.45, 2.75) is 32.5 Å².